The van der Waals surface area contributed by atoms with Crippen molar-refractivity contribution < 1.29 is 9.90 Å². The first-order chi connectivity index (χ1) is 9.24. The highest BCUT2D eigenvalue weighted by Crippen LogP contribution is 2.22. The molecule has 1 heterocycles. The van der Waals surface area contributed by atoms with Gasteiger partial charge in [0.25, 0.3) is 5.91 Å². The lowest BCUT2D eigenvalue weighted by Gasteiger charge is -2.04. The summed E-state index contributed by atoms with van der Waals surface area (Å²) in [6.45, 7) is 0. The summed E-state index contributed by atoms with van der Waals surface area (Å²) in [5, 5.41) is 12.2. The van der Waals surface area contributed by atoms with E-state index in [1.165, 1.54) is 6.07 Å². The Morgan fingerprint density at radius 2 is 1.84 bits per heavy atom. The third-order valence-corrected chi connectivity index (χ3v) is 2.76. The molecule has 2 aromatic carbocycles. The predicted octanol–water partition coefficient (Wildman–Crippen LogP) is 2.52. The Morgan fingerprint density at radius 3 is 2.63 bits per heavy atom. The van der Waals surface area contributed by atoms with E-state index in [1.807, 2.05) is 24.3 Å². The quantitative estimate of drug-likeness (QED) is 0.614. The molecule has 94 valence electrons. The van der Waals surface area contributed by atoms with Crippen LogP contribution in [-0.2, 0) is 0 Å². The second kappa shape index (κ2) is 4.45. The first kappa shape index (κ1) is 11.3. The van der Waals surface area contributed by atoms with Crippen LogP contribution in [0.5, 0.6) is 5.75 Å². The molecule has 3 aromatic rings. The zero-order chi connectivity index (χ0) is 13.2. The number of para-hydroxylation sites is 4. The van der Waals surface area contributed by atoms with Crippen molar-refractivity contribution in [2.75, 3.05) is 5.32 Å². The zero-order valence-corrected chi connectivity index (χ0v) is 9.92. The summed E-state index contributed by atoms with van der Waals surface area (Å²) in [6.07, 6.45) is 0. The summed E-state index contributed by atoms with van der Waals surface area (Å²) >= 11 is 0. The smallest absolute Gasteiger partial charge is 0.291 e. The Kier molecular flexibility index (Phi) is 2.64. The molecule has 5 nitrogen and oxygen atoms in total. The van der Waals surface area contributed by atoms with Crippen LogP contribution >= 0.6 is 0 Å². The lowest BCUT2D eigenvalue weighted by atomic mass is 10.3. The van der Waals surface area contributed by atoms with Gasteiger partial charge < -0.3 is 15.4 Å². The number of anilines is 1. The van der Waals surface area contributed by atoms with Gasteiger partial charge in [0.15, 0.2) is 5.82 Å². The summed E-state index contributed by atoms with van der Waals surface area (Å²) < 4.78 is 0. The highest BCUT2D eigenvalue weighted by molar-refractivity contribution is 6.04. The number of rotatable bonds is 2. The maximum absolute atomic E-state index is 12.0. The monoisotopic (exact) mass is 253 g/mol. The van der Waals surface area contributed by atoms with Crippen LogP contribution in [0.1, 0.15) is 10.6 Å². The Balaban J connectivity index is 1.90. The molecule has 0 aliphatic carbocycles. The van der Waals surface area contributed by atoms with Crippen molar-refractivity contribution in [3.8, 4) is 5.75 Å². The van der Waals surface area contributed by atoms with Gasteiger partial charge in [0.2, 0.25) is 0 Å². The number of H-pyrrole nitrogens is 1. The van der Waals surface area contributed by atoms with E-state index in [9.17, 15) is 9.90 Å². The molecule has 0 bridgehead atoms. The third kappa shape index (κ3) is 2.13. The zero-order valence-electron chi connectivity index (χ0n) is 9.92. The molecule has 0 atom stereocenters. The molecule has 1 amide bonds. The molecule has 19 heavy (non-hydrogen) atoms. The van der Waals surface area contributed by atoms with Crippen LogP contribution in [0.2, 0.25) is 0 Å². The van der Waals surface area contributed by atoms with Gasteiger partial charge in [-0.05, 0) is 24.3 Å². The SMILES string of the molecule is O=C(Nc1ccccc1O)c1nc2ccccc2[nH]1. The topological polar surface area (TPSA) is 78.0 Å². The molecule has 0 aliphatic heterocycles. The Morgan fingerprint density at radius 1 is 1.11 bits per heavy atom. The summed E-state index contributed by atoms with van der Waals surface area (Å²) in [5.41, 5.74) is 1.88. The summed E-state index contributed by atoms with van der Waals surface area (Å²) in [4.78, 5) is 19.1. The van der Waals surface area contributed by atoms with E-state index < -0.39 is 5.91 Å². The van der Waals surface area contributed by atoms with Crippen LogP contribution in [0.25, 0.3) is 11.0 Å². The van der Waals surface area contributed by atoms with Crippen molar-refractivity contribution >= 4 is 22.6 Å². The Hall–Kier alpha value is -2.82. The molecule has 0 unspecified atom stereocenters. The van der Waals surface area contributed by atoms with Gasteiger partial charge in [0, 0.05) is 0 Å². The van der Waals surface area contributed by atoms with Gasteiger partial charge in [0.1, 0.15) is 5.75 Å². The van der Waals surface area contributed by atoms with Gasteiger partial charge in [-0.2, -0.15) is 0 Å². The minimum atomic E-state index is -0.391. The molecule has 0 radical (unpaired) electrons. The number of hydrogen-bond donors (Lipinski definition) is 3. The van der Waals surface area contributed by atoms with Crippen molar-refractivity contribution in [3.63, 3.8) is 0 Å². The lowest BCUT2D eigenvalue weighted by molar-refractivity contribution is 0.101. The summed E-state index contributed by atoms with van der Waals surface area (Å²) in [6, 6.07) is 13.9. The van der Waals surface area contributed by atoms with E-state index in [0.29, 0.717) is 5.69 Å². The second-order valence-electron chi connectivity index (χ2n) is 4.07. The van der Waals surface area contributed by atoms with Crippen LogP contribution in [0, 0.1) is 0 Å². The van der Waals surface area contributed by atoms with Gasteiger partial charge in [-0.25, -0.2) is 4.98 Å². The fraction of sp³-hybridized carbons (Fsp3) is 0. The number of imidazole rings is 1. The third-order valence-electron chi connectivity index (χ3n) is 2.76. The van der Waals surface area contributed by atoms with Crippen molar-refractivity contribution in [3.05, 3.63) is 54.4 Å². The molecule has 0 saturated carbocycles. The number of phenols is 1. The number of nitrogens with zero attached hydrogens (tertiary/aromatic N) is 1. The molecule has 0 fully saturated rings. The number of amides is 1. The van der Waals surface area contributed by atoms with Crippen LogP contribution in [0.3, 0.4) is 0 Å². The standard InChI is InChI=1S/C14H11N3O2/c18-12-8-4-3-7-11(12)17-14(19)13-15-9-5-1-2-6-10(9)16-13/h1-8,18H,(H,15,16)(H,17,19). The number of carbonyl (C=O) groups excluding carboxylic acids is 1. The van der Waals surface area contributed by atoms with Gasteiger partial charge in [-0.15, -0.1) is 0 Å². The van der Waals surface area contributed by atoms with Gasteiger partial charge in [-0.1, -0.05) is 24.3 Å². The van der Waals surface area contributed by atoms with E-state index >= 15 is 0 Å². The maximum atomic E-state index is 12.0. The number of phenolic OH excluding ortho intramolecular Hbond substituents is 1. The van der Waals surface area contributed by atoms with Gasteiger partial charge in [-0.3, -0.25) is 4.79 Å². The van der Waals surface area contributed by atoms with E-state index in [0.717, 1.165) is 11.0 Å². The summed E-state index contributed by atoms with van der Waals surface area (Å²) in [7, 11) is 0. The van der Waals surface area contributed by atoms with E-state index in [1.54, 1.807) is 18.2 Å². The number of benzene rings is 2. The van der Waals surface area contributed by atoms with Crippen LogP contribution in [0.4, 0.5) is 5.69 Å². The maximum Gasteiger partial charge on any atom is 0.291 e. The minimum Gasteiger partial charge on any atom is -0.506 e. The second-order valence-corrected chi connectivity index (χ2v) is 4.07. The molecular formula is C14H11N3O2. The summed E-state index contributed by atoms with van der Waals surface area (Å²) in [5.74, 6) is -0.158. The largest absolute Gasteiger partial charge is 0.506 e. The molecule has 0 aliphatic rings. The number of carbonyl (C=O) groups is 1. The highest BCUT2D eigenvalue weighted by atomic mass is 16.3. The normalized spacial score (nSPS) is 10.5. The minimum absolute atomic E-state index is 0.0203. The van der Waals surface area contributed by atoms with E-state index in [2.05, 4.69) is 15.3 Å². The predicted molar refractivity (Wildman–Crippen MR) is 72.2 cm³/mol. The van der Waals surface area contributed by atoms with Crippen molar-refractivity contribution in [1.29, 1.82) is 0 Å². The average molecular weight is 253 g/mol. The number of fused-ring (bicyclic) bond motifs is 1. The highest BCUT2D eigenvalue weighted by Gasteiger charge is 2.12. The van der Waals surface area contributed by atoms with Crippen LogP contribution in [-0.4, -0.2) is 21.0 Å². The molecular weight excluding hydrogens is 242 g/mol. The number of nitrogens with one attached hydrogen (secondary N) is 2. The molecule has 3 rings (SSSR count). The van der Waals surface area contributed by atoms with Crippen molar-refractivity contribution in [2.24, 2.45) is 0 Å². The first-order valence-electron chi connectivity index (χ1n) is 5.78. The van der Waals surface area contributed by atoms with E-state index in [-0.39, 0.29) is 11.6 Å². The van der Waals surface area contributed by atoms with Gasteiger partial charge in [0.05, 0.1) is 16.7 Å². The van der Waals surface area contributed by atoms with Crippen LogP contribution in [0.15, 0.2) is 48.5 Å². The van der Waals surface area contributed by atoms with Crippen LogP contribution < -0.4 is 5.32 Å². The first-order valence-corrected chi connectivity index (χ1v) is 5.78. The number of aromatic hydroxyl groups is 1. The van der Waals surface area contributed by atoms with Crippen molar-refractivity contribution in [2.45, 2.75) is 0 Å². The van der Waals surface area contributed by atoms with E-state index in [4.69, 9.17) is 0 Å². The molecule has 5 heteroatoms. The Bertz CT molecular complexity index is 716. The number of aromatic amines is 1. The molecule has 1 aromatic heterocycles. The molecule has 0 saturated heterocycles. The average Bonchev–Trinajstić information content (AvgIpc) is 2.85. The fourth-order valence-electron chi connectivity index (χ4n) is 1.82. The number of aromatic nitrogens is 2. The molecule has 0 spiro atoms. The van der Waals surface area contributed by atoms with Crippen molar-refractivity contribution in [1.82, 2.24) is 9.97 Å². The fourth-order valence-corrected chi connectivity index (χ4v) is 1.82. The molecule has 3 N–H and O–H groups in total. The van der Waals surface area contributed by atoms with Gasteiger partial charge >= 0.3 is 0 Å². The number of hydrogen-bond acceptors (Lipinski definition) is 3. The lowest BCUT2D eigenvalue weighted by Crippen LogP contribution is -2.13. The Labute approximate surface area is 108 Å².